The van der Waals surface area contributed by atoms with Crippen LogP contribution in [0.15, 0.2) is 24.3 Å². The molecule has 0 saturated carbocycles. The Kier molecular flexibility index (Phi) is 3.90. The van der Waals surface area contributed by atoms with Gasteiger partial charge in [0, 0.05) is 6.54 Å². The predicted molar refractivity (Wildman–Crippen MR) is 61.5 cm³/mol. The van der Waals surface area contributed by atoms with Gasteiger partial charge >= 0.3 is 5.97 Å². The Morgan fingerprint density at radius 1 is 1.44 bits per heavy atom. The standard InChI is InChI=1S/C12H17NO3/c1-12(8-13,11(14)15)7-9-3-5-10(16-2)6-4-9/h3-6H,7-8,13H2,1-2H3,(H,14,15)/t12-/m1/s1. The van der Waals surface area contributed by atoms with Crippen LogP contribution in [0.1, 0.15) is 12.5 Å². The molecule has 0 aromatic heterocycles. The second-order valence-corrected chi connectivity index (χ2v) is 4.09. The lowest BCUT2D eigenvalue weighted by Gasteiger charge is -2.22. The lowest BCUT2D eigenvalue weighted by atomic mass is 9.84. The topological polar surface area (TPSA) is 72.5 Å². The Balaban J connectivity index is 2.82. The summed E-state index contributed by atoms with van der Waals surface area (Å²) in [6, 6.07) is 7.34. The molecule has 1 rings (SSSR count). The van der Waals surface area contributed by atoms with E-state index in [2.05, 4.69) is 0 Å². The summed E-state index contributed by atoms with van der Waals surface area (Å²) < 4.78 is 5.03. The minimum absolute atomic E-state index is 0.119. The summed E-state index contributed by atoms with van der Waals surface area (Å²) in [5, 5.41) is 9.09. The van der Waals surface area contributed by atoms with E-state index < -0.39 is 11.4 Å². The molecule has 1 aromatic rings. The van der Waals surface area contributed by atoms with Gasteiger partial charge in [-0.2, -0.15) is 0 Å². The summed E-state index contributed by atoms with van der Waals surface area (Å²) >= 11 is 0. The van der Waals surface area contributed by atoms with Crippen LogP contribution in [0, 0.1) is 5.41 Å². The number of aliphatic carboxylic acids is 1. The van der Waals surface area contributed by atoms with E-state index >= 15 is 0 Å². The van der Waals surface area contributed by atoms with Crippen molar-refractivity contribution in [2.45, 2.75) is 13.3 Å². The highest BCUT2D eigenvalue weighted by Crippen LogP contribution is 2.23. The number of carboxylic acids is 1. The van der Waals surface area contributed by atoms with Crippen LogP contribution in [0.4, 0.5) is 0 Å². The van der Waals surface area contributed by atoms with Gasteiger partial charge in [-0.3, -0.25) is 4.79 Å². The molecule has 0 aliphatic rings. The smallest absolute Gasteiger partial charge is 0.310 e. The molecule has 3 N–H and O–H groups in total. The van der Waals surface area contributed by atoms with Crippen molar-refractivity contribution in [1.29, 1.82) is 0 Å². The zero-order valence-corrected chi connectivity index (χ0v) is 9.56. The summed E-state index contributed by atoms with van der Waals surface area (Å²) in [5.41, 5.74) is 5.54. The lowest BCUT2D eigenvalue weighted by molar-refractivity contribution is -0.147. The first-order valence-corrected chi connectivity index (χ1v) is 5.08. The Morgan fingerprint density at radius 3 is 2.38 bits per heavy atom. The predicted octanol–water partition coefficient (Wildman–Crippen LogP) is 1.29. The Hall–Kier alpha value is -1.55. The van der Waals surface area contributed by atoms with Crippen LogP contribution in [0.25, 0.3) is 0 Å². The van der Waals surface area contributed by atoms with Crippen LogP contribution < -0.4 is 10.5 Å². The molecule has 1 atom stereocenters. The first-order valence-electron chi connectivity index (χ1n) is 5.08. The molecule has 0 saturated heterocycles. The number of ether oxygens (including phenoxy) is 1. The van der Waals surface area contributed by atoms with Crippen molar-refractivity contribution < 1.29 is 14.6 Å². The summed E-state index contributed by atoms with van der Waals surface area (Å²) in [4.78, 5) is 11.1. The zero-order valence-electron chi connectivity index (χ0n) is 9.56. The fourth-order valence-corrected chi connectivity index (χ4v) is 1.43. The molecule has 0 heterocycles. The van der Waals surface area contributed by atoms with Crippen molar-refractivity contribution in [1.82, 2.24) is 0 Å². The third kappa shape index (κ3) is 2.73. The van der Waals surface area contributed by atoms with Crippen LogP contribution in [0.2, 0.25) is 0 Å². The van der Waals surface area contributed by atoms with Crippen molar-refractivity contribution in [2.75, 3.05) is 13.7 Å². The van der Waals surface area contributed by atoms with Gasteiger partial charge in [0.05, 0.1) is 12.5 Å². The number of rotatable bonds is 5. The lowest BCUT2D eigenvalue weighted by Crippen LogP contribution is -2.37. The third-order valence-corrected chi connectivity index (χ3v) is 2.72. The molecule has 0 unspecified atom stereocenters. The van der Waals surface area contributed by atoms with Gasteiger partial charge in [0.2, 0.25) is 0 Å². The second kappa shape index (κ2) is 4.99. The fraction of sp³-hybridized carbons (Fsp3) is 0.417. The van der Waals surface area contributed by atoms with E-state index in [1.807, 2.05) is 24.3 Å². The number of carboxylic acid groups (broad SMARTS) is 1. The maximum atomic E-state index is 11.1. The van der Waals surface area contributed by atoms with E-state index in [1.54, 1.807) is 14.0 Å². The number of benzene rings is 1. The summed E-state index contributed by atoms with van der Waals surface area (Å²) in [6.45, 7) is 1.77. The number of carbonyl (C=O) groups is 1. The maximum Gasteiger partial charge on any atom is 0.310 e. The monoisotopic (exact) mass is 223 g/mol. The van der Waals surface area contributed by atoms with Gasteiger partial charge in [-0.1, -0.05) is 12.1 Å². The first kappa shape index (κ1) is 12.5. The van der Waals surface area contributed by atoms with Gasteiger partial charge in [0.15, 0.2) is 0 Å². The normalized spacial score (nSPS) is 14.2. The SMILES string of the molecule is COc1ccc(C[C@](C)(CN)C(=O)O)cc1. The Bertz CT molecular complexity index is 361. The number of hydrogen-bond donors (Lipinski definition) is 2. The van der Waals surface area contributed by atoms with Crippen LogP contribution in [-0.2, 0) is 11.2 Å². The first-order chi connectivity index (χ1) is 7.51. The highest BCUT2D eigenvalue weighted by atomic mass is 16.5. The largest absolute Gasteiger partial charge is 0.497 e. The fourth-order valence-electron chi connectivity index (χ4n) is 1.43. The van der Waals surface area contributed by atoms with Gasteiger partial charge in [0.1, 0.15) is 5.75 Å². The van der Waals surface area contributed by atoms with E-state index in [1.165, 1.54) is 0 Å². The maximum absolute atomic E-state index is 11.1. The minimum Gasteiger partial charge on any atom is -0.497 e. The van der Waals surface area contributed by atoms with E-state index in [9.17, 15) is 4.79 Å². The average molecular weight is 223 g/mol. The zero-order chi connectivity index (χ0) is 12.2. The minimum atomic E-state index is -0.908. The van der Waals surface area contributed by atoms with Crippen LogP contribution in [0.5, 0.6) is 5.75 Å². The van der Waals surface area contributed by atoms with Crippen molar-refractivity contribution in [3.8, 4) is 5.75 Å². The second-order valence-electron chi connectivity index (χ2n) is 4.09. The highest BCUT2D eigenvalue weighted by Gasteiger charge is 2.31. The molecule has 88 valence electrons. The summed E-state index contributed by atoms with van der Waals surface area (Å²) in [7, 11) is 1.59. The highest BCUT2D eigenvalue weighted by molar-refractivity contribution is 5.74. The van der Waals surface area contributed by atoms with Crippen molar-refractivity contribution in [3.63, 3.8) is 0 Å². The van der Waals surface area contributed by atoms with Gasteiger partial charge in [-0.25, -0.2) is 0 Å². The van der Waals surface area contributed by atoms with Crippen LogP contribution in [0.3, 0.4) is 0 Å². The van der Waals surface area contributed by atoms with Gasteiger partial charge in [-0.15, -0.1) is 0 Å². The number of nitrogens with two attached hydrogens (primary N) is 1. The molecule has 0 fully saturated rings. The van der Waals surface area contributed by atoms with Crippen LogP contribution in [-0.4, -0.2) is 24.7 Å². The molecule has 0 spiro atoms. The molecule has 4 heteroatoms. The van der Waals surface area contributed by atoms with Crippen molar-refractivity contribution in [3.05, 3.63) is 29.8 Å². The Morgan fingerprint density at radius 2 is 2.00 bits per heavy atom. The van der Waals surface area contributed by atoms with E-state index in [0.29, 0.717) is 6.42 Å². The average Bonchev–Trinajstić information content (AvgIpc) is 2.29. The molecular formula is C12H17NO3. The summed E-state index contributed by atoms with van der Waals surface area (Å²) in [5.74, 6) is -0.112. The van der Waals surface area contributed by atoms with Crippen molar-refractivity contribution in [2.24, 2.45) is 11.1 Å². The number of methoxy groups -OCH3 is 1. The van der Waals surface area contributed by atoms with Gasteiger partial charge < -0.3 is 15.6 Å². The molecule has 0 bridgehead atoms. The molecule has 0 aliphatic heterocycles. The van der Waals surface area contributed by atoms with E-state index in [4.69, 9.17) is 15.6 Å². The Labute approximate surface area is 95.0 Å². The molecular weight excluding hydrogens is 206 g/mol. The molecule has 0 aliphatic carbocycles. The van der Waals surface area contributed by atoms with E-state index in [-0.39, 0.29) is 6.54 Å². The third-order valence-electron chi connectivity index (χ3n) is 2.72. The molecule has 1 aromatic carbocycles. The van der Waals surface area contributed by atoms with Crippen LogP contribution >= 0.6 is 0 Å². The van der Waals surface area contributed by atoms with Gasteiger partial charge in [-0.05, 0) is 31.0 Å². The van der Waals surface area contributed by atoms with Gasteiger partial charge in [0.25, 0.3) is 0 Å². The molecule has 0 amide bonds. The number of hydrogen-bond acceptors (Lipinski definition) is 3. The van der Waals surface area contributed by atoms with E-state index in [0.717, 1.165) is 11.3 Å². The molecule has 16 heavy (non-hydrogen) atoms. The molecule has 0 radical (unpaired) electrons. The quantitative estimate of drug-likeness (QED) is 0.788. The van der Waals surface area contributed by atoms with Crippen molar-refractivity contribution >= 4 is 5.97 Å². The summed E-state index contributed by atoms with van der Waals surface area (Å²) in [6.07, 6.45) is 0.419. The molecule has 4 nitrogen and oxygen atoms in total.